The normalized spacial score (nSPS) is 10.9. The van der Waals surface area contributed by atoms with Crippen LogP contribution >= 0.6 is 11.6 Å². The van der Waals surface area contributed by atoms with Gasteiger partial charge < -0.3 is 15.8 Å². The van der Waals surface area contributed by atoms with Crippen molar-refractivity contribution in [3.63, 3.8) is 0 Å². The number of hydrogen-bond acceptors (Lipinski definition) is 5. The highest BCUT2D eigenvalue weighted by atomic mass is 35.5. The number of benzene rings is 1. The van der Waals surface area contributed by atoms with Crippen molar-refractivity contribution in [1.29, 1.82) is 0 Å². The van der Waals surface area contributed by atoms with Gasteiger partial charge in [0.15, 0.2) is 11.3 Å². The van der Waals surface area contributed by atoms with Gasteiger partial charge >= 0.3 is 0 Å². The van der Waals surface area contributed by atoms with E-state index in [4.69, 9.17) is 22.1 Å². The summed E-state index contributed by atoms with van der Waals surface area (Å²) in [5.41, 5.74) is 8.89. The summed E-state index contributed by atoms with van der Waals surface area (Å²) in [6.45, 7) is 3.72. The van der Waals surface area contributed by atoms with Crippen LogP contribution in [0.15, 0.2) is 24.5 Å². The number of nitrogens with zero attached hydrogens (tertiary/aromatic N) is 3. The first-order valence-electron chi connectivity index (χ1n) is 8.58. The number of methoxy groups -OCH3 is 1. The lowest BCUT2D eigenvalue weighted by Gasteiger charge is -2.13. The Morgan fingerprint density at radius 1 is 1.32 bits per heavy atom. The molecule has 0 atom stereocenters. The number of nitrogens with one attached hydrogen (secondary N) is 1. The Hall–Kier alpha value is -3.13. The van der Waals surface area contributed by atoms with Crippen molar-refractivity contribution in [1.82, 2.24) is 14.4 Å². The first-order valence-corrected chi connectivity index (χ1v) is 8.96. The summed E-state index contributed by atoms with van der Waals surface area (Å²) in [5.74, 6) is -0.273. The first-order chi connectivity index (χ1) is 13.3. The molecule has 0 saturated carbocycles. The Balaban J connectivity index is 1.79. The fourth-order valence-electron chi connectivity index (χ4n) is 3.09. The van der Waals surface area contributed by atoms with Crippen molar-refractivity contribution in [3.05, 3.63) is 52.2 Å². The van der Waals surface area contributed by atoms with Gasteiger partial charge in [-0.1, -0.05) is 11.6 Å². The van der Waals surface area contributed by atoms with Crippen LogP contribution in [0.4, 0.5) is 5.69 Å². The summed E-state index contributed by atoms with van der Waals surface area (Å²) in [6, 6.07) is 5.02. The van der Waals surface area contributed by atoms with Crippen LogP contribution in [0.2, 0.25) is 5.02 Å². The van der Waals surface area contributed by atoms with Gasteiger partial charge in [-0.25, -0.2) is 9.97 Å². The molecule has 3 N–H and O–H groups in total. The van der Waals surface area contributed by atoms with Gasteiger partial charge in [0.25, 0.3) is 5.91 Å². The maximum atomic E-state index is 12.4. The second-order valence-corrected chi connectivity index (χ2v) is 6.74. The zero-order valence-electron chi connectivity index (χ0n) is 15.7. The summed E-state index contributed by atoms with van der Waals surface area (Å²) in [7, 11) is 1.53. The fraction of sp³-hybridized carbons (Fsp3) is 0.263. The van der Waals surface area contributed by atoms with Crippen LogP contribution in [0.3, 0.4) is 0 Å². The number of hydrogen-bond donors (Lipinski definition) is 2. The van der Waals surface area contributed by atoms with Crippen LogP contribution in [0.1, 0.15) is 33.9 Å². The molecule has 0 aliphatic rings. The second-order valence-electron chi connectivity index (χ2n) is 6.30. The van der Waals surface area contributed by atoms with Gasteiger partial charge in [-0.2, -0.15) is 0 Å². The summed E-state index contributed by atoms with van der Waals surface area (Å²) >= 11 is 5.99. The van der Waals surface area contributed by atoms with E-state index >= 15 is 0 Å². The van der Waals surface area contributed by atoms with Gasteiger partial charge in [-0.15, -0.1) is 0 Å². The number of ether oxygens (including phenoxy) is 1. The Morgan fingerprint density at radius 3 is 2.75 bits per heavy atom. The van der Waals surface area contributed by atoms with Gasteiger partial charge in [-0.05, 0) is 44.0 Å². The Morgan fingerprint density at radius 2 is 2.07 bits per heavy atom. The largest absolute Gasteiger partial charge is 0.495 e. The number of carbonyl (C=O) groups excluding carboxylic acids is 2. The highest BCUT2D eigenvalue weighted by molar-refractivity contribution is 6.31. The Labute approximate surface area is 166 Å². The molecule has 2 aromatic heterocycles. The molecule has 28 heavy (non-hydrogen) atoms. The lowest BCUT2D eigenvalue weighted by molar-refractivity contribution is -0.116. The van der Waals surface area contributed by atoms with E-state index in [2.05, 4.69) is 15.3 Å². The molecule has 0 bridgehead atoms. The number of aryl methyl sites for hydroxylation is 2. The van der Waals surface area contributed by atoms with Gasteiger partial charge in [0.05, 0.1) is 12.8 Å². The number of halogens is 1. The van der Waals surface area contributed by atoms with E-state index in [9.17, 15) is 9.59 Å². The molecule has 0 spiro atoms. The van der Waals surface area contributed by atoms with Gasteiger partial charge in [0.1, 0.15) is 12.1 Å². The number of amides is 2. The summed E-state index contributed by atoms with van der Waals surface area (Å²) in [6.07, 6.45) is 2.22. The topological polar surface area (TPSA) is 112 Å². The van der Waals surface area contributed by atoms with E-state index in [-0.39, 0.29) is 18.0 Å². The highest BCUT2D eigenvalue weighted by Gasteiger charge is 2.17. The van der Waals surface area contributed by atoms with Gasteiger partial charge in [0, 0.05) is 22.8 Å². The minimum atomic E-state index is -0.628. The molecule has 146 valence electrons. The number of aromatic nitrogens is 3. The maximum Gasteiger partial charge on any atom is 0.271 e. The monoisotopic (exact) mass is 401 g/mol. The van der Waals surface area contributed by atoms with Crippen LogP contribution in [-0.2, 0) is 11.2 Å². The third-order valence-corrected chi connectivity index (χ3v) is 4.76. The predicted octanol–water partition coefficient (Wildman–Crippen LogP) is 2.68. The third-order valence-electron chi connectivity index (χ3n) is 4.52. The van der Waals surface area contributed by atoms with E-state index < -0.39 is 5.91 Å². The summed E-state index contributed by atoms with van der Waals surface area (Å²) in [5, 5.41) is 3.32. The SMILES string of the molecule is COc1ccc(Cl)cc1NC(=O)CCc1c(C)nc2c(C(N)=O)ncn2c1C. The third kappa shape index (κ3) is 3.77. The number of nitrogens with two attached hydrogens (primary N) is 1. The van der Waals surface area contributed by atoms with E-state index in [0.29, 0.717) is 28.5 Å². The molecular weight excluding hydrogens is 382 g/mol. The molecule has 2 amide bonds. The zero-order valence-corrected chi connectivity index (χ0v) is 16.5. The number of rotatable bonds is 6. The molecule has 2 heterocycles. The average molecular weight is 402 g/mol. The van der Waals surface area contributed by atoms with Crippen molar-refractivity contribution >= 4 is 34.7 Å². The number of primary amides is 1. The second kappa shape index (κ2) is 7.85. The molecule has 0 saturated heterocycles. The van der Waals surface area contributed by atoms with Crippen molar-refractivity contribution in [2.24, 2.45) is 5.73 Å². The predicted molar refractivity (Wildman–Crippen MR) is 106 cm³/mol. The summed E-state index contributed by atoms with van der Waals surface area (Å²) in [4.78, 5) is 32.4. The molecule has 0 fully saturated rings. The Bertz CT molecular complexity index is 1080. The number of anilines is 1. The van der Waals surface area contributed by atoms with E-state index in [1.54, 1.807) is 22.6 Å². The van der Waals surface area contributed by atoms with Crippen LogP contribution in [-0.4, -0.2) is 33.3 Å². The zero-order chi connectivity index (χ0) is 20.4. The van der Waals surface area contributed by atoms with Crippen molar-refractivity contribution in [2.45, 2.75) is 26.7 Å². The lowest BCUT2D eigenvalue weighted by atomic mass is 10.1. The molecule has 8 nitrogen and oxygen atoms in total. The van der Waals surface area contributed by atoms with Crippen LogP contribution in [0, 0.1) is 13.8 Å². The van der Waals surface area contributed by atoms with E-state index in [1.165, 1.54) is 13.4 Å². The van der Waals surface area contributed by atoms with Gasteiger partial charge in [0.2, 0.25) is 5.91 Å². The highest BCUT2D eigenvalue weighted by Crippen LogP contribution is 2.28. The van der Waals surface area contributed by atoms with E-state index in [0.717, 1.165) is 17.0 Å². The lowest BCUT2D eigenvalue weighted by Crippen LogP contribution is -2.15. The molecule has 0 radical (unpaired) electrons. The van der Waals surface area contributed by atoms with E-state index in [1.807, 2.05) is 13.8 Å². The number of fused-ring (bicyclic) bond motifs is 1. The molecule has 0 aliphatic carbocycles. The minimum absolute atomic E-state index is 0.128. The Kier molecular flexibility index (Phi) is 5.51. The van der Waals surface area contributed by atoms with Crippen LogP contribution < -0.4 is 15.8 Å². The van der Waals surface area contributed by atoms with Gasteiger partial charge in [-0.3, -0.25) is 14.0 Å². The fourth-order valence-corrected chi connectivity index (χ4v) is 3.26. The molecule has 3 aromatic rings. The van der Waals surface area contributed by atoms with Crippen LogP contribution in [0.25, 0.3) is 5.65 Å². The molecule has 0 aliphatic heterocycles. The quantitative estimate of drug-likeness (QED) is 0.659. The average Bonchev–Trinajstić information content (AvgIpc) is 3.06. The first kappa shape index (κ1) is 19.6. The molecule has 0 unspecified atom stereocenters. The molecular formula is C19H20ClN5O3. The summed E-state index contributed by atoms with van der Waals surface area (Å²) < 4.78 is 6.95. The number of imidazole rings is 1. The van der Waals surface area contributed by atoms with Crippen molar-refractivity contribution in [2.75, 3.05) is 12.4 Å². The van der Waals surface area contributed by atoms with Crippen LogP contribution in [0.5, 0.6) is 5.75 Å². The molecule has 1 aromatic carbocycles. The molecule has 3 rings (SSSR count). The minimum Gasteiger partial charge on any atom is -0.495 e. The maximum absolute atomic E-state index is 12.4. The van der Waals surface area contributed by atoms with Crippen molar-refractivity contribution < 1.29 is 14.3 Å². The standard InChI is InChI=1S/C19H20ClN5O3/c1-10-13(11(2)25-9-22-17(18(21)27)19(25)23-10)5-7-16(26)24-14-8-12(20)4-6-15(14)28-3/h4,6,8-9H,5,7H2,1-3H3,(H2,21,27)(H,24,26). The smallest absolute Gasteiger partial charge is 0.271 e. The molecule has 9 heteroatoms. The number of carbonyl (C=O) groups is 2. The van der Waals surface area contributed by atoms with Crippen molar-refractivity contribution in [3.8, 4) is 5.75 Å².